The van der Waals surface area contributed by atoms with E-state index in [1.807, 2.05) is 37.3 Å². The van der Waals surface area contributed by atoms with Gasteiger partial charge in [0.15, 0.2) is 11.4 Å². The summed E-state index contributed by atoms with van der Waals surface area (Å²) in [5, 5.41) is 8.92. The zero-order valence-corrected chi connectivity index (χ0v) is 10.7. The van der Waals surface area contributed by atoms with Gasteiger partial charge in [0.05, 0.1) is 0 Å². The van der Waals surface area contributed by atoms with E-state index in [1.165, 1.54) is 0 Å². The molecule has 0 fully saturated rings. The molecule has 1 aromatic heterocycles. The monoisotopic (exact) mass is 288 g/mol. The van der Waals surface area contributed by atoms with Crippen molar-refractivity contribution in [3.63, 3.8) is 0 Å². The van der Waals surface area contributed by atoms with Gasteiger partial charge in [-0.25, -0.2) is 4.98 Å². The van der Waals surface area contributed by atoms with Crippen LogP contribution in [0.3, 0.4) is 0 Å². The predicted molar refractivity (Wildman–Crippen MR) is 67.9 cm³/mol. The van der Waals surface area contributed by atoms with Gasteiger partial charge in [0.2, 0.25) is 0 Å². The van der Waals surface area contributed by atoms with Crippen molar-refractivity contribution in [3.8, 4) is 17.6 Å². The SMILES string of the molecule is Cc1ccc(Oc2cc(Br)cnc2C#N)cc1. The number of benzene rings is 1. The van der Waals surface area contributed by atoms with E-state index in [4.69, 9.17) is 10.00 Å². The Morgan fingerprint density at radius 1 is 1.29 bits per heavy atom. The smallest absolute Gasteiger partial charge is 0.183 e. The van der Waals surface area contributed by atoms with E-state index >= 15 is 0 Å². The van der Waals surface area contributed by atoms with Gasteiger partial charge in [-0.1, -0.05) is 17.7 Å². The summed E-state index contributed by atoms with van der Waals surface area (Å²) in [6.45, 7) is 2.01. The molecule has 17 heavy (non-hydrogen) atoms. The summed E-state index contributed by atoms with van der Waals surface area (Å²) in [4.78, 5) is 3.98. The Morgan fingerprint density at radius 2 is 2.00 bits per heavy atom. The second-order valence-electron chi connectivity index (χ2n) is 3.53. The molecule has 0 aliphatic carbocycles. The lowest BCUT2D eigenvalue weighted by Crippen LogP contribution is -1.91. The number of pyridine rings is 1. The van der Waals surface area contributed by atoms with Gasteiger partial charge in [-0.2, -0.15) is 5.26 Å². The summed E-state index contributed by atoms with van der Waals surface area (Å²) < 4.78 is 6.40. The van der Waals surface area contributed by atoms with E-state index in [9.17, 15) is 0 Å². The maximum atomic E-state index is 8.92. The summed E-state index contributed by atoms with van der Waals surface area (Å²) in [6, 6.07) is 11.3. The molecule has 84 valence electrons. The molecule has 0 radical (unpaired) electrons. The fourth-order valence-corrected chi connectivity index (χ4v) is 1.63. The van der Waals surface area contributed by atoms with E-state index in [0.717, 1.165) is 10.0 Å². The molecule has 0 spiro atoms. The fraction of sp³-hybridized carbons (Fsp3) is 0.0769. The van der Waals surface area contributed by atoms with Gasteiger partial charge in [-0.05, 0) is 41.1 Å². The standard InChI is InChI=1S/C13H9BrN2O/c1-9-2-4-11(5-3-9)17-13-6-10(14)8-16-12(13)7-15/h2-6,8H,1H3. The summed E-state index contributed by atoms with van der Waals surface area (Å²) >= 11 is 3.30. The van der Waals surface area contributed by atoms with E-state index in [1.54, 1.807) is 12.3 Å². The zero-order chi connectivity index (χ0) is 12.3. The van der Waals surface area contributed by atoms with E-state index in [0.29, 0.717) is 11.5 Å². The van der Waals surface area contributed by atoms with Crippen molar-refractivity contribution in [2.24, 2.45) is 0 Å². The summed E-state index contributed by atoms with van der Waals surface area (Å²) in [6.07, 6.45) is 1.57. The average Bonchev–Trinajstić information content (AvgIpc) is 2.32. The van der Waals surface area contributed by atoms with Gasteiger partial charge >= 0.3 is 0 Å². The second kappa shape index (κ2) is 4.98. The quantitative estimate of drug-likeness (QED) is 0.844. The molecule has 0 aliphatic rings. The van der Waals surface area contributed by atoms with Crippen molar-refractivity contribution in [3.05, 3.63) is 52.3 Å². The zero-order valence-electron chi connectivity index (χ0n) is 9.14. The van der Waals surface area contributed by atoms with Crippen LogP contribution in [0.4, 0.5) is 0 Å². The highest BCUT2D eigenvalue weighted by Crippen LogP contribution is 2.26. The molecular weight excluding hydrogens is 280 g/mol. The largest absolute Gasteiger partial charge is 0.454 e. The first kappa shape index (κ1) is 11.6. The molecule has 0 amide bonds. The van der Waals surface area contributed by atoms with Gasteiger partial charge in [-0.3, -0.25) is 0 Å². The minimum atomic E-state index is 0.272. The highest BCUT2D eigenvalue weighted by Gasteiger charge is 2.06. The third-order valence-electron chi connectivity index (χ3n) is 2.17. The lowest BCUT2D eigenvalue weighted by Gasteiger charge is -2.07. The van der Waals surface area contributed by atoms with Gasteiger partial charge in [-0.15, -0.1) is 0 Å². The van der Waals surface area contributed by atoms with E-state index in [-0.39, 0.29) is 5.69 Å². The minimum absolute atomic E-state index is 0.272. The minimum Gasteiger partial charge on any atom is -0.454 e. The molecule has 2 aromatic rings. The van der Waals surface area contributed by atoms with Crippen LogP contribution >= 0.6 is 15.9 Å². The summed E-state index contributed by atoms with van der Waals surface area (Å²) in [5.74, 6) is 1.14. The fourth-order valence-electron chi connectivity index (χ4n) is 1.32. The number of nitrogens with zero attached hydrogens (tertiary/aromatic N) is 2. The Balaban J connectivity index is 2.32. The molecule has 0 N–H and O–H groups in total. The van der Waals surface area contributed by atoms with Crippen LogP contribution in [0, 0.1) is 18.3 Å². The normalized spacial score (nSPS) is 9.71. The Morgan fingerprint density at radius 3 is 2.65 bits per heavy atom. The molecule has 0 unspecified atom stereocenters. The predicted octanol–water partition coefficient (Wildman–Crippen LogP) is 3.82. The Hall–Kier alpha value is -1.86. The van der Waals surface area contributed by atoms with Crippen molar-refractivity contribution in [1.82, 2.24) is 4.98 Å². The first-order chi connectivity index (χ1) is 8.19. The lowest BCUT2D eigenvalue weighted by atomic mass is 10.2. The number of aromatic nitrogens is 1. The van der Waals surface area contributed by atoms with E-state index in [2.05, 4.69) is 20.9 Å². The summed E-state index contributed by atoms with van der Waals surface area (Å²) in [5.41, 5.74) is 1.43. The number of ether oxygens (including phenoxy) is 1. The number of hydrogen-bond donors (Lipinski definition) is 0. The first-order valence-corrected chi connectivity index (χ1v) is 5.78. The van der Waals surface area contributed by atoms with Crippen LogP contribution in [0.1, 0.15) is 11.3 Å². The molecule has 1 aromatic carbocycles. The third-order valence-corrected chi connectivity index (χ3v) is 2.61. The molecule has 2 rings (SSSR count). The number of halogens is 1. The number of aryl methyl sites for hydroxylation is 1. The molecule has 0 bridgehead atoms. The Labute approximate surface area is 108 Å². The van der Waals surface area contributed by atoms with Gasteiger partial charge < -0.3 is 4.74 Å². The third kappa shape index (κ3) is 2.83. The van der Waals surface area contributed by atoms with Crippen LogP contribution in [0.2, 0.25) is 0 Å². The molecule has 0 saturated carbocycles. The van der Waals surface area contributed by atoms with Crippen molar-refractivity contribution < 1.29 is 4.74 Å². The highest BCUT2D eigenvalue weighted by molar-refractivity contribution is 9.10. The highest BCUT2D eigenvalue weighted by atomic mass is 79.9. The van der Waals surface area contributed by atoms with Crippen LogP contribution in [0.25, 0.3) is 0 Å². The number of hydrogen-bond acceptors (Lipinski definition) is 3. The molecule has 1 heterocycles. The number of rotatable bonds is 2. The molecule has 0 aliphatic heterocycles. The van der Waals surface area contributed by atoms with Crippen molar-refractivity contribution in [2.75, 3.05) is 0 Å². The Bertz CT molecular complexity index is 573. The van der Waals surface area contributed by atoms with Crippen molar-refractivity contribution in [2.45, 2.75) is 6.92 Å². The van der Waals surface area contributed by atoms with Crippen LogP contribution < -0.4 is 4.74 Å². The van der Waals surface area contributed by atoms with Gasteiger partial charge in [0.1, 0.15) is 11.8 Å². The van der Waals surface area contributed by atoms with Crippen LogP contribution in [0.15, 0.2) is 41.0 Å². The lowest BCUT2D eigenvalue weighted by molar-refractivity contribution is 0.478. The molecular formula is C13H9BrN2O. The Kier molecular flexibility index (Phi) is 3.40. The van der Waals surface area contributed by atoms with Gasteiger partial charge in [0.25, 0.3) is 0 Å². The van der Waals surface area contributed by atoms with Crippen molar-refractivity contribution in [1.29, 1.82) is 5.26 Å². The summed E-state index contributed by atoms with van der Waals surface area (Å²) in [7, 11) is 0. The maximum Gasteiger partial charge on any atom is 0.183 e. The van der Waals surface area contributed by atoms with Gasteiger partial charge in [0, 0.05) is 10.7 Å². The first-order valence-electron chi connectivity index (χ1n) is 4.99. The molecule has 0 saturated heterocycles. The van der Waals surface area contributed by atoms with Crippen LogP contribution in [-0.4, -0.2) is 4.98 Å². The molecule has 4 heteroatoms. The van der Waals surface area contributed by atoms with Crippen LogP contribution in [-0.2, 0) is 0 Å². The van der Waals surface area contributed by atoms with Crippen LogP contribution in [0.5, 0.6) is 11.5 Å². The molecule has 0 atom stereocenters. The molecule has 3 nitrogen and oxygen atoms in total. The topological polar surface area (TPSA) is 45.9 Å². The second-order valence-corrected chi connectivity index (χ2v) is 4.44. The maximum absolute atomic E-state index is 8.92. The van der Waals surface area contributed by atoms with Crippen molar-refractivity contribution >= 4 is 15.9 Å². The number of nitriles is 1. The average molecular weight is 289 g/mol. The van der Waals surface area contributed by atoms with E-state index < -0.39 is 0 Å².